The van der Waals surface area contributed by atoms with E-state index in [-0.39, 0.29) is 22.8 Å². The fraction of sp³-hybridized carbons (Fsp3) is 0.440. The van der Waals surface area contributed by atoms with Crippen molar-refractivity contribution in [1.82, 2.24) is 0 Å². The molecule has 6 nitrogen and oxygen atoms in total. The Morgan fingerprint density at radius 3 is 1.75 bits per heavy atom. The van der Waals surface area contributed by atoms with Crippen molar-refractivity contribution in [1.29, 1.82) is 0 Å². The Balaban J connectivity index is 2.13. The third kappa shape index (κ3) is 4.04. The van der Waals surface area contributed by atoms with E-state index < -0.39 is 18.5 Å². The molecule has 32 heavy (non-hydrogen) atoms. The van der Waals surface area contributed by atoms with Crippen molar-refractivity contribution in [3.05, 3.63) is 52.1 Å². The molecule has 0 amide bonds. The molecule has 1 unspecified atom stereocenters. The zero-order valence-corrected chi connectivity index (χ0v) is 20.4. The Labute approximate surface area is 190 Å². The van der Waals surface area contributed by atoms with Crippen molar-refractivity contribution in [2.24, 2.45) is 0 Å². The Bertz CT molecular complexity index is 1030. The summed E-state index contributed by atoms with van der Waals surface area (Å²) in [7, 11) is 1.88. The van der Waals surface area contributed by atoms with Gasteiger partial charge < -0.3 is 14.2 Å². The van der Waals surface area contributed by atoms with Gasteiger partial charge in [-0.25, -0.2) is 0 Å². The normalized spacial score (nSPS) is 15.2. The molecule has 1 aliphatic carbocycles. The van der Waals surface area contributed by atoms with Gasteiger partial charge in [0.25, 0.3) is 0 Å². The molecule has 1 saturated carbocycles. The summed E-state index contributed by atoms with van der Waals surface area (Å²) in [6.45, 7) is 5.64. The highest BCUT2D eigenvalue weighted by Gasteiger charge is 2.52. The first-order valence-electron chi connectivity index (χ1n) is 10.6. The monoisotopic (exact) mass is 457 g/mol. The molecule has 0 aliphatic heterocycles. The molecule has 1 fully saturated rings. The van der Waals surface area contributed by atoms with Crippen LogP contribution < -0.4 is 14.2 Å². The minimum atomic E-state index is -2.54. The third-order valence-corrected chi connectivity index (χ3v) is 8.28. The lowest BCUT2D eigenvalue weighted by molar-refractivity contribution is 0.0925. The summed E-state index contributed by atoms with van der Waals surface area (Å²) < 4.78 is 30.1. The Morgan fingerprint density at radius 2 is 1.31 bits per heavy atom. The molecule has 1 atom stereocenters. The molecule has 1 radical (unpaired) electrons. The molecule has 0 saturated heterocycles. The summed E-state index contributed by atoms with van der Waals surface area (Å²) in [5.41, 5.74) is 2.77. The number of carbonyl (C=O) groups excluding carboxylic acids is 2. The van der Waals surface area contributed by atoms with Gasteiger partial charge in [-0.15, -0.1) is 0 Å². The standard InChI is InChI=1S/C25H30O6P/c1-15-11-16(2)21(17(3)12-15)24(27)32(28)25(9-7-8-10-25)23(26)22-19(30-5)13-18(29-4)14-20(22)31-6/h11-14H,7-10H2,1-6H3. The molecule has 0 N–H and O–H groups in total. The SMILES string of the molecule is COc1cc(OC)c(C(=O)C2([P](=O)C(=O)c3c(C)cc(C)cc3C)CCCC2)c(OC)c1. The maximum Gasteiger partial charge on any atom is 0.243 e. The highest BCUT2D eigenvalue weighted by Crippen LogP contribution is 2.56. The molecule has 7 heteroatoms. The van der Waals surface area contributed by atoms with Crippen LogP contribution in [0.4, 0.5) is 0 Å². The van der Waals surface area contributed by atoms with Gasteiger partial charge in [-0.3, -0.25) is 14.2 Å². The van der Waals surface area contributed by atoms with Crippen LogP contribution in [0, 0.1) is 20.8 Å². The van der Waals surface area contributed by atoms with E-state index in [4.69, 9.17) is 14.2 Å². The van der Waals surface area contributed by atoms with E-state index in [0.717, 1.165) is 29.5 Å². The van der Waals surface area contributed by atoms with E-state index in [1.54, 1.807) is 12.1 Å². The van der Waals surface area contributed by atoms with Crippen molar-refractivity contribution in [3.63, 3.8) is 0 Å². The molecule has 2 aromatic carbocycles. The molecule has 1 aliphatic rings. The maximum absolute atomic E-state index is 14.0. The van der Waals surface area contributed by atoms with Crippen molar-refractivity contribution in [3.8, 4) is 17.2 Å². The summed E-state index contributed by atoms with van der Waals surface area (Å²) in [5, 5.41) is -1.29. The second-order valence-electron chi connectivity index (χ2n) is 8.35. The Kier molecular flexibility index (Phi) is 7.04. The average molecular weight is 457 g/mol. The fourth-order valence-corrected chi connectivity index (χ4v) is 6.72. The predicted octanol–water partition coefficient (Wildman–Crippen LogP) is 5.80. The first kappa shape index (κ1) is 23.9. The van der Waals surface area contributed by atoms with Crippen LogP contribution in [0.5, 0.6) is 17.2 Å². The second kappa shape index (κ2) is 9.41. The zero-order chi connectivity index (χ0) is 23.6. The highest BCUT2D eigenvalue weighted by atomic mass is 31.1. The van der Waals surface area contributed by atoms with Gasteiger partial charge in [0.1, 0.15) is 28.0 Å². The number of Topliss-reactive ketones (excluding diaryl/α,β-unsaturated/α-hetero) is 1. The van der Waals surface area contributed by atoms with Crippen LogP contribution in [0.25, 0.3) is 0 Å². The number of aryl methyl sites for hydroxylation is 3. The van der Waals surface area contributed by atoms with E-state index in [1.807, 2.05) is 32.9 Å². The lowest BCUT2D eigenvalue weighted by Gasteiger charge is -2.27. The second-order valence-corrected chi connectivity index (χ2v) is 10.2. The minimum absolute atomic E-state index is 0.200. The third-order valence-electron chi connectivity index (χ3n) is 6.26. The van der Waals surface area contributed by atoms with Crippen LogP contribution in [0.2, 0.25) is 0 Å². The molecule has 0 aromatic heterocycles. The van der Waals surface area contributed by atoms with Crippen molar-refractivity contribution >= 4 is 19.1 Å². The first-order chi connectivity index (χ1) is 15.2. The quantitative estimate of drug-likeness (QED) is 0.368. The summed E-state index contributed by atoms with van der Waals surface area (Å²) in [4.78, 5) is 27.5. The summed E-state index contributed by atoms with van der Waals surface area (Å²) in [5.74, 6) is 0.650. The molecule has 2 aromatic rings. The van der Waals surface area contributed by atoms with Gasteiger partial charge in [0.2, 0.25) is 5.52 Å². The summed E-state index contributed by atoms with van der Waals surface area (Å²) in [6.07, 6.45) is 2.23. The van der Waals surface area contributed by atoms with Gasteiger partial charge in [-0.1, -0.05) is 30.5 Å². The highest BCUT2D eigenvalue weighted by molar-refractivity contribution is 7.67. The number of benzene rings is 2. The largest absolute Gasteiger partial charge is 0.496 e. The lowest BCUT2D eigenvalue weighted by Crippen LogP contribution is -2.34. The van der Waals surface area contributed by atoms with Crippen molar-refractivity contribution in [2.45, 2.75) is 51.6 Å². The molecule has 0 bridgehead atoms. The topological polar surface area (TPSA) is 78.9 Å². The number of hydrogen-bond acceptors (Lipinski definition) is 6. The molecule has 0 heterocycles. The fourth-order valence-electron chi connectivity index (χ4n) is 4.76. The molecular weight excluding hydrogens is 427 g/mol. The number of methoxy groups -OCH3 is 3. The minimum Gasteiger partial charge on any atom is -0.496 e. The number of ketones is 1. The number of ether oxygens (including phenoxy) is 3. The van der Waals surface area contributed by atoms with Gasteiger partial charge in [-0.05, 0) is 44.7 Å². The molecule has 171 valence electrons. The predicted molar refractivity (Wildman–Crippen MR) is 124 cm³/mol. The average Bonchev–Trinajstić information content (AvgIpc) is 3.27. The molecule has 3 rings (SSSR count). The summed E-state index contributed by atoms with van der Waals surface area (Å²) in [6, 6.07) is 7.01. The van der Waals surface area contributed by atoms with Gasteiger partial charge in [0.05, 0.1) is 21.3 Å². The Morgan fingerprint density at radius 1 is 0.812 bits per heavy atom. The van der Waals surface area contributed by atoms with Crippen LogP contribution >= 0.6 is 7.80 Å². The zero-order valence-electron chi connectivity index (χ0n) is 19.5. The van der Waals surface area contributed by atoms with Crippen molar-refractivity contribution in [2.75, 3.05) is 21.3 Å². The molecule has 0 spiro atoms. The lowest BCUT2D eigenvalue weighted by atomic mass is 9.93. The van der Waals surface area contributed by atoms with E-state index in [0.29, 0.717) is 24.2 Å². The van der Waals surface area contributed by atoms with Gasteiger partial charge in [0.15, 0.2) is 13.6 Å². The van der Waals surface area contributed by atoms with E-state index in [2.05, 4.69) is 0 Å². The number of hydrogen-bond donors (Lipinski definition) is 0. The van der Waals surface area contributed by atoms with Crippen LogP contribution in [0.15, 0.2) is 24.3 Å². The number of carbonyl (C=O) groups is 2. The van der Waals surface area contributed by atoms with Gasteiger partial charge in [-0.2, -0.15) is 0 Å². The van der Waals surface area contributed by atoms with Gasteiger partial charge in [0, 0.05) is 17.7 Å². The van der Waals surface area contributed by atoms with E-state index in [9.17, 15) is 14.2 Å². The van der Waals surface area contributed by atoms with Crippen LogP contribution in [0.3, 0.4) is 0 Å². The summed E-state index contributed by atoms with van der Waals surface area (Å²) >= 11 is 0. The first-order valence-corrected chi connectivity index (χ1v) is 11.9. The molecular formula is C25H30O6P. The van der Waals surface area contributed by atoms with Crippen molar-refractivity contribution < 1.29 is 28.4 Å². The van der Waals surface area contributed by atoms with E-state index >= 15 is 0 Å². The van der Waals surface area contributed by atoms with Crippen LogP contribution in [-0.4, -0.2) is 37.8 Å². The van der Waals surface area contributed by atoms with E-state index in [1.165, 1.54) is 21.3 Å². The maximum atomic E-state index is 14.0. The van der Waals surface area contributed by atoms with Crippen LogP contribution in [-0.2, 0) is 4.57 Å². The number of rotatable bonds is 8. The van der Waals surface area contributed by atoms with Crippen LogP contribution in [0.1, 0.15) is 63.1 Å². The Hall–Kier alpha value is -2.72. The smallest absolute Gasteiger partial charge is 0.243 e. The van der Waals surface area contributed by atoms with Gasteiger partial charge >= 0.3 is 0 Å².